The van der Waals surface area contributed by atoms with Crippen molar-refractivity contribution < 1.29 is 19.3 Å². The van der Waals surface area contributed by atoms with E-state index in [9.17, 15) is 5.11 Å². The molecule has 0 spiro atoms. The summed E-state index contributed by atoms with van der Waals surface area (Å²) in [4.78, 5) is 0. The molecule has 2 aliphatic rings. The molecule has 1 aromatic rings. The minimum absolute atomic E-state index is 0.254. The van der Waals surface area contributed by atoms with Gasteiger partial charge in [-0.05, 0) is 31.1 Å². The van der Waals surface area contributed by atoms with Crippen LogP contribution in [0.25, 0.3) is 5.57 Å². The topological polar surface area (TPSA) is 47.9 Å². The lowest BCUT2D eigenvalue weighted by Gasteiger charge is -2.34. The molecule has 1 aliphatic heterocycles. The highest BCUT2D eigenvalue weighted by atomic mass is 16.8. The first-order chi connectivity index (χ1) is 10.5. The first-order valence-corrected chi connectivity index (χ1v) is 7.55. The minimum atomic E-state index is -0.742. The van der Waals surface area contributed by atoms with Gasteiger partial charge >= 0.3 is 0 Å². The lowest BCUT2D eigenvalue weighted by Crippen LogP contribution is -2.48. The second-order valence-corrected chi connectivity index (χ2v) is 6.09. The Morgan fingerprint density at radius 3 is 2.68 bits per heavy atom. The average molecular weight is 302 g/mol. The molecule has 1 N–H and O–H groups in total. The molecule has 1 aliphatic carbocycles. The molecular weight excluding hydrogens is 280 g/mol. The third kappa shape index (κ3) is 2.88. The minimum Gasteiger partial charge on any atom is -0.386 e. The molecule has 1 saturated heterocycles. The SMILES string of the molecule is C=CCO[C@H]1[C@@H]2OC(C)(C)O[C@@H]2C(c2ccccc2)=C[C@@H]1O. The zero-order valence-electron chi connectivity index (χ0n) is 12.9. The number of fused-ring (bicyclic) bond motifs is 1. The molecule has 22 heavy (non-hydrogen) atoms. The summed E-state index contributed by atoms with van der Waals surface area (Å²) in [7, 11) is 0. The predicted molar refractivity (Wildman–Crippen MR) is 84.2 cm³/mol. The highest BCUT2D eigenvalue weighted by molar-refractivity contribution is 5.71. The molecule has 0 unspecified atom stereocenters. The molecule has 1 fully saturated rings. The summed E-state index contributed by atoms with van der Waals surface area (Å²) in [5.74, 6) is -0.705. The summed E-state index contributed by atoms with van der Waals surface area (Å²) < 4.78 is 17.8. The van der Waals surface area contributed by atoms with Crippen molar-refractivity contribution >= 4 is 5.57 Å². The fourth-order valence-electron chi connectivity index (χ4n) is 3.10. The van der Waals surface area contributed by atoms with Gasteiger partial charge in [0.1, 0.15) is 24.4 Å². The lowest BCUT2D eigenvalue weighted by molar-refractivity contribution is -0.163. The summed E-state index contributed by atoms with van der Waals surface area (Å²) >= 11 is 0. The lowest BCUT2D eigenvalue weighted by atomic mass is 9.86. The summed E-state index contributed by atoms with van der Waals surface area (Å²) in [6, 6.07) is 9.93. The van der Waals surface area contributed by atoms with E-state index in [4.69, 9.17) is 14.2 Å². The highest BCUT2D eigenvalue weighted by Crippen LogP contribution is 2.41. The molecule has 118 valence electrons. The van der Waals surface area contributed by atoms with E-state index < -0.39 is 18.0 Å². The Labute approximate surface area is 131 Å². The molecule has 1 aromatic carbocycles. The van der Waals surface area contributed by atoms with Crippen LogP contribution in [0.3, 0.4) is 0 Å². The summed E-state index contributed by atoms with van der Waals surface area (Å²) in [6.07, 6.45) is 1.68. The molecule has 0 radical (unpaired) electrons. The van der Waals surface area contributed by atoms with Crippen LogP contribution in [-0.2, 0) is 14.2 Å². The molecule has 3 rings (SSSR count). The number of aliphatic hydroxyl groups is 1. The van der Waals surface area contributed by atoms with Crippen molar-refractivity contribution in [3.05, 3.63) is 54.6 Å². The van der Waals surface area contributed by atoms with Gasteiger partial charge in [-0.25, -0.2) is 0 Å². The van der Waals surface area contributed by atoms with Crippen molar-refractivity contribution in [1.82, 2.24) is 0 Å². The zero-order chi connectivity index (χ0) is 15.7. The number of ether oxygens (including phenoxy) is 3. The Kier molecular flexibility index (Phi) is 4.19. The Morgan fingerprint density at radius 2 is 2.00 bits per heavy atom. The Morgan fingerprint density at radius 1 is 1.27 bits per heavy atom. The van der Waals surface area contributed by atoms with Crippen molar-refractivity contribution in [3.8, 4) is 0 Å². The van der Waals surface area contributed by atoms with Gasteiger partial charge in [0.15, 0.2) is 5.79 Å². The van der Waals surface area contributed by atoms with E-state index in [1.165, 1.54) is 0 Å². The normalized spacial score (nSPS) is 33.1. The second-order valence-electron chi connectivity index (χ2n) is 6.09. The molecular formula is C18H22O4. The molecule has 1 heterocycles. The largest absolute Gasteiger partial charge is 0.386 e. The monoisotopic (exact) mass is 302 g/mol. The Hall–Kier alpha value is -1.46. The first-order valence-electron chi connectivity index (χ1n) is 7.55. The zero-order valence-corrected chi connectivity index (χ0v) is 12.9. The number of rotatable bonds is 4. The maximum Gasteiger partial charge on any atom is 0.164 e. The van der Waals surface area contributed by atoms with E-state index in [1.807, 2.05) is 50.3 Å². The highest BCUT2D eigenvalue weighted by Gasteiger charge is 2.51. The van der Waals surface area contributed by atoms with Gasteiger partial charge in [-0.1, -0.05) is 36.4 Å². The van der Waals surface area contributed by atoms with Crippen molar-refractivity contribution in [1.29, 1.82) is 0 Å². The fraction of sp³-hybridized carbons (Fsp3) is 0.444. The van der Waals surface area contributed by atoms with Crippen LogP contribution in [0.4, 0.5) is 0 Å². The smallest absolute Gasteiger partial charge is 0.164 e. The summed E-state index contributed by atoms with van der Waals surface area (Å²) in [5, 5.41) is 10.5. The van der Waals surface area contributed by atoms with Crippen LogP contribution >= 0.6 is 0 Å². The van der Waals surface area contributed by atoms with Crippen LogP contribution in [0.15, 0.2) is 49.1 Å². The number of hydrogen-bond donors (Lipinski definition) is 1. The van der Waals surface area contributed by atoms with E-state index in [-0.39, 0.29) is 12.2 Å². The molecule has 4 nitrogen and oxygen atoms in total. The van der Waals surface area contributed by atoms with Gasteiger partial charge in [0, 0.05) is 0 Å². The molecule has 4 atom stereocenters. The quantitative estimate of drug-likeness (QED) is 0.868. The summed E-state index contributed by atoms with van der Waals surface area (Å²) in [5.41, 5.74) is 1.97. The van der Waals surface area contributed by atoms with Crippen molar-refractivity contribution in [2.24, 2.45) is 0 Å². The van der Waals surface area contributed by atoms with E-state index in [2.05, 4.69) is 6.58 Å². The van der Waals surface area contributed by atoms with Crippen LogP contribution in [0, 0.1) is 0 Å². The van der Waals surface area contributed by atoms with Gasteiger partial charge in [0.25, 0.3) is 0 Å². The molecule has 0 aromatic heterocycles. The van der Waals surface area contributed by atoms with E-state index >= 15 is 0 Å². The number of aliphatic hydroxyl groups excluding tert-OH is 1. The van der Waals surface area contributed by atoms with Crippen molar-refractivity contribution in [3.63, 3.8) is 0 Å². The standard InChI is InChI=1S/C18H22O4/c1-4-10-20-16-14(19)11-13(12-8-6-5-7-9-12)15-17(16)22-18(2,3)21-15/h4-9,11,14-17,19H,1,10H2,2-3H3/t14-,15+,16+,17+/m0/s1. The number of hydrogen-bond acceptors (Lipinski definition) is 4. The van der Waals surface area contributed by atoms with Gasteiger partial charge in [-0.2, -0.15) is 0 Å². The van der Waals surface area contributed by atoms with Gasteiger partial charge in [-0.3, -0.25) is 0 Å². The molecule has 0 saturated carbocycles. The van der Waals surface area contributed by atoms with Gasteiger partial charge in [0.05, 0.1) is 6.61 Å². The van der Waals surface area contributed by atoms with E-state index in [0.29, 0.717) is 6.61 Å². The molecule has 0 bridgehead atoms. The number of benzene rings is 1. The van der Waals surface area contributed by atoms with Crippen LogP contribution in [0.5, 0.6) is 0 Å². The van der Waals surface area contributed by atoms with E-state index in [0.717, 1.165) is 11.1 Å². The maximum atomic E-state index is 10.5. The third-order valence-corrected chi connectivity index (χ3v) is 3.96. The van der Waals surface area contributed by atoms with Gasteiger partial charge in [-0.15, -0.1) is 6.58 Å². The molecule has 0 amide bonds. The Bertz CT molecular complexity index is 564. The fourth-order valence-corrected chi connectivity index (χ4v) is 3.10. The Balaban J connectivity index is 1.96. The van der Waals surface area contributed by atoms with Crippen LogP contribution in [-0.4, -0.2) is 41.9 Å². The molecule has 4 heteroatoms. The van der Waals surface area contributed by atoms with Crippen molar-refractivity contribution in [2.75, 3.05) is 6.61 Å². The predicted octanol–water partition coefficient (Wildman–Crippen LogP) is 2.54. The van der Waals surface area contributed by atoms with Crippen LogP contribution in [0.2, 0.25) is 0 Å². The van der Waals surface area contributed by atoms with Crippen molar-refractivity contribution in [2.45, 2.75) is 44.1 Å². The van der Waals surface area contributed by atoms with Crippen LogP contribution in [0.1, 0.15) is 19.4 Å². The third-order valence-electron chi connectivity index (χ3n) is 3.96. The van der Waals surface area contributed by atoms with E-state index in [1.54, 1.807) is 6.08 Å². The maximum absolute atomic E-state index is 10.5. The first kappa shape index (κ1) is 15.4. The van der Waals surface area contributed by atoms with Crippen LogP contribution < -0.4 is 0 Å². The average Bonchev–Trinajstić information content (AvgIpc) is 2.82. The van der Waals surface area contributed by atoms with Gasteiger partial charge in [0.2, 0.25) is 0 Å². The second kappa shape index (κ2) is 5.97. The summed E-state index contributed by atoms with van der Waals surface area (Å²) in [6.45, 7) is 7.78. The van der Waals surface area contributed by atoms with Gasteiger partial charge < -0.3 is 19.3 Å².